The van der Waals surface area contributed by atoms with Crippen LogP contribution in [0.25, 0.3) is 0 Å². The quantitative estimate of drug-likeness (QED) is 0.545. The van der Waals surface area contributed by atoms with Crippen molar-refractivity contribution in [2.45, 2.75) is 77.6 Å². The highest BCUT2D eigenvalue weighted by atomic mass is 14.3. The summed E-state index contributed by atoms with van der Waals surface area (Å²) in [7, 11) is 0. The van der Waals surface area contributed by atoms with Crippen molar-refractivity contribution < 1.29 is 0 Å². The van der Waals surface area contributed by atoms with Gasteiger partial charge in [-0.3, -0.25) is 0 Å². The highest BCUT2D eigenvalue weighted by Crippen LogP contribution is 2.40. The third-order valence-corrected chi connectivity index (χ3v) is 5.19. The molecule has 0 aromatic heterocycles. The van der Waals surface area contributed by atoms with Crippen LogP contribution in [0.1, 0.15) is 77.6 Å². The first-order chi connectivity index (χ1) is 8.40. The molecular formula is C17H30. The minimum absolute atomic E-state index is 1.05. The van der Waals surface area contributed by atoms with Gasteiger partial charge >= 0.3 is 0 Å². The van der Waals surface area contributed by atoms with Crippen molar-refractivity contribution in [3.8, 4) is 0 Å². The average molecular weight is 234 g/mol. The molecule has 0 N–H and O–H groups in total. The van der Waals surface area contributed by atoms with Crippen LogP contribution in [-0.4, -0.2) is 0 Å². The van der Waals surface area contributed by atoms with E-state index in [0.29, 0.717) is 0 Å². The van der Waals surface area contributed by atoms with Crippen LogP contribution in [0.2, 0.25) is 0 Å². The largest absolute Gasteiger partial charge is 0.0917 e. The summed E-state index contributed by atoms with van der Waals surface area (Å²) < 4.78 is 0. The van der Waals surface area contributed by atoms with Crippen LogP contribution in [0.5, 0.6) is 0 Å². The van der Waals surface area contributed by atoms with Gasteiger partial charge in [-0.2, -0.15) is 0 Å². The van der Waals surface area contributed by atoms with E-state index in [9.17, 15) is 0 Å². The van der Waals surface area contributed by atoms with E-state index in [1.165, 1.54) is 44.9 Å². The Morgan fingerprint density at radius 1 is 0.824 bits per heavy atom. The second kappa shape index (κ2) is 7.24. The van der Waals surface area contributed by atoms with Gasteiger partial charge in [0.2, 0.25) is 0 Å². The van der Waals surface area contributed by atoms with Gasteiger partial charge in [0.25, 0.3) is 0 Å². The van der Waals surface area contributed by atoms with Crippen molar-refractivity contribution in [3.63, 3.8) is 0 Å². The maximum Gasteiger partial charge on any atom is -0.0348 e. The van der Waals surface area contributed by atoms with Crippen molar-refractivity contribution in [1.29, 1.82) is 0 Å². The maximum atomic E-state index is 2.34. The molecule has 0 saturated heterocycles. The third-order valence-electron chi connectivity index (χ3n) is 5.19. The number of hydrogen-bond donors (Lipinski definition) is 0. The molecule has 2 fully saturated rings. The Hall–Kier alpha value is -0.260. The summed E-state index contributed by atoms with van der Waals surface area (Å²) in [5.74, 6) is 3.26. The lowest BCUT2D eigenvalue weighted by Crippen LogP contribution is -2.23. The maximum absolute atomic E-state index is 2.34. The summed E-state index contributed by atoms with van der Waals surface area (Å²) in [6.45, 7) is 2.14. The van der Waals surface area contributed by atoms with E-state index < -0.39 is 0 Å². The fourth-order valence-corrected chi connectivity index (χ4v) is 4.05. The van der Waals surface area contributed by atoms with E-state index in [4.69, 9.17) is 0 Å². The van der Waals surface area contributed by atoms with Gasteiger partial charge in [0.05, 0.1) is 0 Å². The van der Waals surface area contributed by atoms with Gasteiger partial charge in [0, 0.05) is 0 Å². The zero-order valence-corrected chi connectivity index (χ0v) is 11.7. The van der Waals surface area contributed by atoms with Crippen LogP contribution >= 0.6 is 0 Å². The van der Waals surface area contributed by atoms with E-state index in [2.05, 4.69) is 19.1 Å². The fraction of sp³-hybridized carbons (Fsp3) is 0.882. The van der Waals surface area contributed by atoms with E-state index in [-0.39, 0.29) is 0 Å². The van der Waals surface area contributed by atoms with Crippen molar-refractivity contribution in [2.75, 3.05) is 0 Å². The lowest BCUT2D eigenvalue weighted by Gasteiger charge is -2.35. The first-order valence-corrected chi connectivity index (χ1v) is 8.01. The first kappa shape index (κ1) is 13.2. The van der Waals surface area contributed by atoms with Crippen LogP contribution in [0.15, 0.2) is 12.2 Å². The van der Waals surface area contributed by atoms with E-state index in [1.54, 1.807) is 25.7 Å². The lowest BCUT2D eigenvalue weighted by molar-refractivity contribution is 0.164. The molecule has 0 atom stereocenters. The molecule has 2 saturated carbocycles. The van der Waals surface area contributed by atoms with Crippen LogP contribution < -0.4 is 0 Å². The third kappa shape index (κ3) is 4.16. The van der Waals surface area contributed by atoms with Gasteiger partial charge in [-0.1, -0.05) is 57.1 Å². The Morgan fingerprint density at radius 3 is 2.12 bits per heavy atom. The van der Waals surface area contributed by atoms with Crippen molar-refractivity contribution >= 4 is 0 Å². The number of allylic oxidation sites excluding steroid dienone is 2. The van der Waals surface area contributed by atoms with E-state index in [0.717, 1.165) is 17.8 Å². The Balaban J connectivity index is 1.66. The zero-order chi connectivity index (χ0) is 11.9. The smallest absolute Gasteiger partial charge is 0.0348 e. The highest BCUT2D eigenvalue weighted by Gasteiger charge is 2.27. The minimum Gasteiger partial charge on any atom is -0.0917 e. The fourth-order valence-electron chi connectivity index (χ4n) is 4.05. The van der Waals surface area contributed by atoms with Gasteiger partial charge in [0.1, 0.15) is 0 Å². The minimum atomic E-state index is 1.05. The summed E-state index contributed by atoms with van der Waals surface area (Å²) in [5.41, 5.74) is 0. The highest BCUT2D eigenvalue weighted by molar-refractivity contribution is 4.82. The van der Waals surface area contributed by atoms with Crippen LogP contribution in [0.4, 0.5) is 0 Å². The summed E-state index contributed by atoms with van der Waals surface area (Å²) in [6.07, 6.45) is 21.1. The summed E-state index contributed by atoms with van der Waals surface area (Å²) in [6, 6.07) is 0. The van der Waals surface area contributed by atoms with E-state index >= 15 is 0 Å². The molecule has 0 heterocycles. The molecule has 0 unspecified atom stereocenters. The van der Waals surface area contributed by atoms with E-state index in [1.807, 2.05) is 0 Å². The average Bonchev–Trinajstić information content (AvgIpc) is 2.41. The lowest BCUT2D eigenvalue weighted by atomic mass is 9.70. The second-order valence-electron chi connectivity index (χ2n) is 6.33. The number of rotatable bonds is 4. The molecule has 0 spiro atoms. The van der Waals surface area contributed by atoms with Gasteiger partial charge in [-0.05, 0) is 50.4 Å². The standard InChI is InChI=1S/C17H30/c1-2-3-5-8-15-11-13-17(14-12-15)16-9-6-4-7-10-16/h2-3,15-17H,4-14H2,1H3. The monoisotopic (exact) mass is 234 g/mol. The van der Waals surface area contributed by atoms with Gasteiger partial charge in [-0.15, -0.1) is 0 Å². The summed E-state index contributed by atoms with van der Waals surface area (Å²) in [4.78, 5) is 0. The molecule has 2 rings (SSSR count). The van der Waals surface area contributed by atoms with Gasteiger partial charge < -0.3 is 0 Å². The Kier molecular flexibility index (Phi) is 5.61. The summed E-state index contributed by atoms with van der Waals surface area (Å²) >= 11 is 0. The van der Waals surface area contributed by atoms with Gasteiger partial charge in [0.15, 0.2) is 0 Å². The molecule has 2 aliphatic carbocycles. The van der Waals surface area contributed by atoms with Crippen LogP contribution in [0.3, 0.4) is 0 Å². The van der Waals surface area contributed by atoms with Crippen LogP contribution in [-0.2, 0) is 0 Å². The van der Waals surface area contributed by atoms with Crippen molar-refractivity contribution in [2.24, 2.45) is 17.8 Å². The number of hydrogen-bond acceptors (Lipinski definition) is 0. The molecule has 0 radical (unpaired) electrons. The van der Waals surface area contributed by atoms with Crippen molar-refractivity contribution in [3.05, 3.63) is 12.2 Å². The summed E-state index contributed by atoms with van der Waals surface area (Å²) in [5, 5.41) is 0. The molecule has 0 aromatic rings. The van der Waals surface area contributed by atoms with Crippen LogP contribution in [0, 0.1) is 17.8 Å². The molecule has 17 heavy (non-hydrogen) atoms. The van der Waals surface area contributed by atoms with Crippen molar-refractivity contribution in [1.82, 2.24) is 0 Å². The predicted octanol–water partition coefficient (Wildman–Crippen LogP) is 5.73. The molecule has 98 valence electrons. The molecule has 0 amide bonds. The predicted molar refractivity (Wildman–Crippen MR) is 76.1 cm³/mol. The molecule has 0 heteroatoms. The first-order valence-electron chi connectivity index (χ1n) is 8.01. The molecule has 0 aliphatic heterocycles. The molecule has 0 bridgehead atoms. The zero-order valence-electron chi connectivity index (χ0n) is 11.7. The Morgan fingerprint density at radius 2 is 1.47 bits per heavy atom. The SMILES string of the molecule is CC=CCCC1CCC(C2CCCCC2)CC1. The van der Waals surface area contributed by atoms with Gasteiger partial charge in [-0.25, -0.2) is 0 Å². The molecule has 0 nitrogen and oxygen atoms in total. The Labute approximate surface area is 108 Å². The Bertz CT molecular complexity index is 214. The normalized spacial score (nSPS) is 32.1. The molecular weight excluding hydrogens is 204 g/mol. The molecule has 0 aromatic carbocycles. The topological polar surface area (TPSA) is 0 Å². The molecule has 2 aliphatic rings. The second-order valence-corrected chi connectivity index (χ2v) is 6.33.